The number of carbonyl (C=O) groups is 1. The number of amides is 1. The van der Waals surface area contributed by atoms with E-state index in [0.29, 0.717) is 24.8 Å². The molecule has 2 aliphatic carbocycles. The van der Waals surface area contributed by atoms with E-state index in [2.05, 4.69) is 29.6 Å². The molecular weight excluding hydrogens is 250 g/mol. The maximum atomic E-state index is 12.3. The standard InChI is InChI=1S/C17H23NO2/c1-3-17(2,20)10-18-16(19)15-13-9-8-11-6-4-5-7-12(11)14(13)15/h4-7,13-15,20H,3,8-10H2,1-2H3,(H,18,19). The Morgan fingerprint density at radius 3 is 2.95 bits per heavy atom. The first-order valence-corrected chi connectivity index (χ1v) is 7.61. The third-order valence-corrected chi connectivity index (χ3v) is 5.04. The number of fused-ring (bicyclic) bond motifs is 3. The zero-order valence-corrected chi connectivity index (χ0v) is 12.2. The predicted octanol–water partition coefficient (Wildman–Crippen LogP) is 2.24. The van der Waals surface area contributed by atoms with Crippen LogP contribution >= 0.6 is 0 Å². The molecule has 0 bridgehead atoms. The van der Waals surface area contributed by atoms with Crippen LogP contribution < -0.4 is 5.32 Å². The van der Waals surface area contributed by atoms with Crippen molar-refractivity contribution in [1.82, 2.24) is 5.32 Å². The van der Waals surface area contributed by atoms with Crippen molar-refractivity contribution in [1.29, 1.82) is 0 Å². The van der Waals surface area contributed by atoms with Gasteiger partial charge in [-0.2, -0.15) is 0 Å². The molecule has 2 N–H and O–H groups in total. The molecule has 20 heavy (non-hydrogen) atoms. The van der Waals surface area contributed by atoms with Gasteiger partial charge in [-0.05, 0) is 49.1 Å². The molecule has 0 heterocycles. The number of aryl methyl sites for hydroxylation is 1. The van der Waals surface area contributed by atoms with E-state index in [0.717, 1.165) is 12.8 Å². The first-order chi connectivity index (χ1) is 9.53. The van der Waals surface area contributed by atoms with Crippen molar-refractivity contribution in [3.05, 3.63) is 35.4 Å². The van der Waals surface area contributed by atoms with Crippen LogP contribution in [0.5, 0.6) is 0 Å². The number of hydrogen-bond donors (Lipinski definition) is 2. The lowest BCUT2D eigenvalue weighted by Crippen LogP contribution is -2.41. The average Bonchev–Trinajstić information content (AvgIpc) is 3.20. The van der Waals surface area contributed by atoms with Crippen LogP contribution in [-0.4, -0.2) is 23.2 Å². The summed E-state index contributed by atoms with van der Waals surface area (Å²) in [5.41, 5.74) is 1.98. The second-order valence-electron chi connectivity index (χ2n) is 6.52. The fourth-order valence-corrected chi connectivity index (χ4v) is 3.44. The summed E-state index contributed by atoms with van der Waals surface area (Å²) in [6.45, 7) is 4.04. The predicted molar refractivity (Wildman–Crippen MR) is 78.4 cm³/mol. The summed E-state index contributed by atoms with van der Waals surface area (Å²) in [6.07, 6.45) is 2.85. The van der Waals surface area contributed by atoms with E-state index in [9.17, 15) is 9.90 Å². The lowest BCUT2D eigenvalue weighted by atomic mass is 9.92. The highest BCUT2D eigenvalue weighted by molar-refractivity contribution is 5.84. The van der Waals surface area contributed by atoms with Crippen LogP contribution in [0.25, 0.3) is 0 Å². The molecule has 2 aliphatic rings. The van der Waals surface area contributed by atoms with Gasteiger partial charge in [-0.15, -0.1) is 0 Å². The average molecular weight is 273 g/mol. The molecule has 0 aromatic heterocycles. The monoisotopic (exact) mass is 273 g/mol. The van der Waals surface area contributed by atoms with Gasteiger partial charge in [0.2, 0.25) is 5.91 Å². The Morgan fingerprint density at radius 1 is 1.45 bits per heavy atom. The van der Waals surface area contributed by atoms with E-state index in [-0.39, 0.29) is 11.8 Å². The number of aliphatic hydroxyl groups is 1. The summed E-state index contributed by atoms with van der Waals surface area (Å²) in [4.78, 5) is 12.3. The summed E-state index contributed by atoms with van der Waals surface area (Å²) in [5.74, 6) is 1.15. The van der Waals surface area contributed by atoms with Crippen molar-refractivity contribution < 1.29 is 9.90 Å². The number of nitrogens with one attached hydrogen (secondary N) is 1. The molecule has 108 valence electrons. The Morgan fingerprint density at radius 2 is 2.20 bits per heavy atom. The van der Waals surface area contributed by atoms with E-state index in [4.69, 9.17) is 0 Å². The zero-order chi connectivity index (χ0) is 14.3. The first kappa shape index (κ1) is 13.6. The summed E-state index contributed by atoms with van der Waals surface area (Å²) in [5, 5.41) is 12.9. The van der Waals surface area contributed by atoms with Gasteiger partial charge < -0.3 is 10.4 Å². The Balaban J connectivity index is 1.66. The molecular formula is C17H23NO2. The molecule has 1 fully saturated rings. The molecule has 0 saturated heterocycles. The molecule has 3 rings (SSSR count). The smallest absolute Gasteiger partial charge is 0.224 e. The van der Waals surface area contributed by atoms with Gasteiger partial charge in [-0.1, -0.05) is 31.2 Å². The molecule has 0 radical (unpaired) electrons. The van der Waals surface area contributed by atoms with Gasteiger partial charge in [0.05, 0.1) is 5.60 Å². The topological polar surface area (TPSA) is 49.3 Å². The highest BCUT2D eigenvalue weighted by Crippen LogP contribution is 2.59. The second-order valence-corrected chi connectivity index (χ2v) is 6.52. The maximum absolute atomic E-state index is 12.3. The van der Waals surface area contributed by atoms with Crippen LogP contribution in [0.3, 0.4) is 0 Å². The van der Waals surface area contributed by atoms with Crippen molar-refractivity contribution >= 4 is 5.91 Å². The molecule has 0 spiro atoms. The molecule has 3 nitrogen and oxygen atoms in total. The van der Waals surface area contributed by atoms with Crippen LogP contribution in [0.4, 0.5) is 0 Å². The molecule has 1 aromatic rings. The highest BCUT2D eigenvalue weighted by Gasteiger charge is 2.56. The van der Waals surface area contributed by atoms with Crippen LogP contribution in [-0.2, 0) is 11.2 Å². The van der Waals surface area contributed by atoms with Crippen LogP contribution in [0.2, 0.25) is 0 Å². The van der Waals surface area contributed by atoms with Gasteiger partial charge in [0.15, 0.2) is 0 Å². The minimum Gasteiger partial charge on any atom is -0.388 e. The van der Waals surface area contributed by atoms with Crippen molar-refractivity contribution in [2.24, 2.45) is 11.8 Å². The molecule has 1 saturated carbocycles. The second kappa shape index (κ2) is 4.88. The Labute approximate surface area is 120 Å². The maximum Gasteiger partial charge on any atom is 0.224 e. The lowest BCUT2D eigenvalue weighted by Gasteiger charge is -2.21. The summed E-state index contributed by atoms with van der Waals surface area (Å²) in [6, 6.07) is 8.49. The fraction of sp³-hybridized carbons (Fsp3) is 0.588. The number of benzene rings is 1. The molecule has 1 amide bonds. The van der Waals surface area contributed by atoms with Crippen LogP contribution in [0.15, 0.2) is 24.3 Å². The fourth-order valence-electron chi connectivity index (χ4n) is 3.44. The molecule has 3 heteroatoms. The van der Waals surface area contributed by atoms with Gasteiger partial charge in [-0.3, -0.25) is 4.79 Å². The zero-order valence-electron chi connectivity index (χ0n) is 12.2. The van der Waals surface area contributed by atoms with Crippen LogP contribution in [0, 0.1) is 11.8 Å². The number of rotatable bonds is 4. The first-order valence-electron chi connectivity index (χ1n) is 7.61. The molecule has 1 aromatic carbocycles. The number of carbonyl (C=O) groups excluding carboxylic acids is 1. The van der Waals surface area contributed by atoms with E-state index in [1.807, 2.05) is 6.92 Å². The Kier molecular flexibility index (Phi) is 3.33. The molecule has 4 atom stereocenters. The summed E-state index contributed by atoms with van der Waals surface area (Å²) >= 11 is 0. The van der Waals surface area contributed by atoms with E-state index >= 15 is 0 Å². The third kappa shape index (κ3) is 2.35. The van der Waals surface area contributed by atoms with Crippen LogP contribution in [0.1, 0.15) is 43.7 Å². The minimum absolute atomic E-state index is 0.116. The highest BCUT2D eigenvalue weighted by atomic mass is 16.3. The van der Waals surface area contributed by atoms with Gasteiger partial charge in [0.25, 0.3) is 0 Å². The van der Waals surface area contributed by atoms with E-state index in [1.54, 1.807) is 6.92 Å². The largest absolute Gasteiger partial charge is 0.388 e. The van der Waals surface area contributed by atoms with Gasteiger partial charge in [0.1, 0.15) is 0 Å². The molecule has 0 aliphatic heterocycles. The molecule has 4 unspecified atom stereocenters. The van der Waals surface area contributed by atoms with Gasteiger partial charge in [-0.25, -0.2) is 0 Å². The third-order valence-electron chi connectivity index (χ3n) is 5.04. The van der Waals surface area contributed by atoms with Crippen molar-refractivity contribution in [2.75, 3.05) is 6.54 Å². The van der Waals surface area contributed by atoms with E-state index < -0.39 is 5.60 Å². The van der Waals surface area contributed by atoms with Gasteiger partial charge >= 0.3 is 0 Å². The quantitative estimate of drug-likeness (QED) is 0.884. The van der Waals surface area contributed by atoms with Crippen molar-refractivity contribution in [3.63, 3.8) is 0 Å². The Hall–Kier alpha value is -1.35. The summed E-state index contributed by atoms with van der Waals surface area (Å²) < 4.78 is 0. The van der Waals surface area contributed by atoms with Crippen molar-refractivity contribution in [3.8, 4) is 0 Å². The lowest BCUT2D eigenvalue weighted by molar-refractivity contribution is -0.123. The van der Waals surface area contributed by atoms with Crippen molar-refractivity contribution in [2.45, 2.75) is 44.6 Å². The minimum atomic E-state index is -0.798. The van der Waals surface area contributed by atoms with E-state index in [1.165, 1.54) is 11.1 Å². The van der Waals surface area contributed by atoms with Gasteiger partial charge in [0, 0.05) is 12.5 Å². The normalized spacial score (nSPS) is 29.9. The SMILES string of the molecule is CCC(C)(O)CNC(=O)C1C2CCc3ccccc3C21. The Bertz CT molecular complexity index is 523. The number of hydrogen-bond acceptors (Lipinski definition) is 2. The summed E-state index contributed by atoms with van der Waals surface area (Å²) in [7, 11) is 0.